The lowest BCUT2D eigenvalue weighted by atomic mass is 9.95. The van der Waals surface area contributed by atoms with E-state index in [1.807, 2.05) is 18.2 Å². The van der Waals surface area contributed by atoms with E-state index in [9.17, 15) is 9.59 Å². The maximum Gasteiger partial charge on any atom is 0.307 e. The Morgan fingerprint density at radius 2 is 2.16 bits per heavy atom. The fourth-order valence-electron chi connectivity index (χ4n) is 2.11. The molecule has 0 atom stereocenters. The number of hydrogen-bond donors (Lipinski definition) is 1. The van der Waals surface area contributed by atoms with Gasteiger partial charge in [0.05, 0.1) is 18.9 Å². The SMILES string of the molecule is COC(=O)CCNC(=O)C1(c2cccc(Cl)c2)CC1. The van der Waals surface area contributed by atoms with E-state index >= 15 is 0 Å². The Hall–Kier alpha value is -1.55. The lowest BCUT2D eigenvalue weighted by molar-refractivity contribution is -0.140. The van der Waals surface area contributed by atoms with Gasteiger partial charge in [0.1, 0.15) is 0 Å². The molecule has 0 radical (unpaired) electrons. The van der Waals surface area contributed by atoms with E-state index in [0.717, 1.165) is 18.4 Å². The highest BCUT2D eigenvalue weighted by atomic mass is 35.5. The molecule has 0 bridgehead atoms. The maximum absolute atomic E-state index is 12.2. The molecule has 1 fully saturated rings. The Labute approximate surface area is 117 Å². The Morgan fingerprint density at radius 3 is 2.74 bits per heavy atom. The lowest BCUT2D eigenvalue weighted by Crippen LogP contribution is -2.36. The molecule has 1 aliphatic carbocycles. The molecule has 102 valence electrons. The van der Waals surface area contributed by atoms with Crippen LogP contribution in [0.15, 0.2) is 24.3 Å². The van der Waals surface area contributed by atoms with E-state index in [4.69, 9.17) is 11.6 Å². The minimum Gasteiger partial charge on any atom is -0.469 e. The fraction of sp³-hybridized carbons (Fsp3) is 0.429. The van der Waals surface area contributed by atoms with E-state index in [0.29, 0.717) is 11.6 Å². The third-order valence-corrected chi connectivity index (χ3v) is 3.64. The summed E-state index contributed by atoms with van der Waals surface area (Å²) in [6, 6.07) is 7.38. The van der Waals surface area contributed by atoms with Gasteiger partial charge in [-0.25, -0.2) is 0 Å². The third kappa shape index (κ3) is 3.07. The number of hydrogen-bond acceptors (Lipinski definition) is 3. The molecular weight excluding hydrogens is 266 g/mol. The standard InChI is InChI=1S/C14H16ClNO3/c1-19-12(17)5-8-16-13(18)14(6-7-14)10-3-2-4-11(15)9-10/h2-4,9H,5-8H2,1H3,(H,16,18). The van der Waals surface area contributed by atoms with Crippen LogP contribution in [0, 0.1) is 0 Å². The number of methoxy groups -OCH3 is 1. The van der Waals surface area contributed by atoms with Crippen molar-refractivity contribution in [3.05, 3.63) is 34.9 Å². The van der Waals surface area contributed by atoms with Gasteiger partial charge in [0.25, 0.3) is 0 Å². The number of benzene rings is 1. The van der Waals surface area contributed by atoms with Gasteiger partial charge < -0.3 is 10.1 Å². The number of carbonyl (C=O) groups excluding carboxylic acids is 2. The molecule has 0 aliphatic heterocycles. The Kier molecular flexibility index (Phi) is 4.10. The maximum atomic E-state index is 12.2. The first kappa shape index (κ1) is 13.9. The first-order valence-corrected chi connectivity index (χ1v) is 6.57. The molecule has 0 aromatic heterocycles. The van der Waals surface area contributed by atoms with Crippen LogP contribution in [0.1, 0.15) is 24.8 Å². The summed E-state index contributed by atoms with van der Waals surface area (Å²) in [5.41, 5.74) is 0.483. The Balaban J connectivity index is 1.97. The molecule has 19 heavy (non-hydrogen) atoms. The fourth-order valence-corrected chi connectivity index (χ4v) is 2.30. The topological polar surface area (TPSA) is 55.4 Å². The summed E-state index contributed by atoms with van der Waals surface area (Å²) in [4.78, 5) is 23.2. The largest absolute Gasteiger partial charge is 0.469 e. The highest BCUT2D eigenvalue weighted by molar-refractivity contribution is 6.30. The molecule has 1 aromatic carbocycles. The normalized spacial score (nSPS) is 15.7. The summed E-state index contributed by atoms with van der Waals surface area (Å²) in [6.07, 6.45) is 1.82. The van der Waals surface area contributed by atoms with Gasteiger partial charge in [-0.05, 0) is 30.5 Å². The Bertz CT molecular complexity index is 497. The van der Waals surface area contributed by atoms with Crippen LogP contribution >= 0.6 is 11.6 Å². The zero-order valence-electron chi connectivity index (χ0n) is 10.7. The minimum atomic E-state index is -0.457. The number of nitrogens with one attached hydrogen (secondary N) is 1. The van der Waals surface area contributed by atoms with Crippen molar-refractivity contribution >= 4 is 23.5 Å². The molecule has 1 saturated carbocycles. The average Bonchev–Trinajstić information content (AvgIpc) is 3.20. The van der Waals surface area contributed by atoms with Crippen molar-refractivity contribution in [2.75, 3.05) is 13.7 Å². The van der Waals surface area contributed by atoms with E-state index in [1.165, 1.54) is 7.11 Å². The van der Waals surface area contributed by atoms with E-state index in [2.05, 4.69) is 10.1 Å². The predicted molar refractivity (Wildman–Crippen MR) is 72.0 cm³/mol. The zero-order valence-corrected chi connectivity index (χ0v) is 11.5. The number of amides is 1. The van der Waals surface area contributed by atoms with Crippen LogP contribution in [0.2, 0.25) is 5.02 Å². The van der Waals surface area contributed by atoms with Crippen LogP contribution in [0.5, 0.6) is 0 Å². The average molecular weight is 282 g/mol. The van der Waals surface area contributed by atoms with E-state index in [1.54, 1.807) is 6.07 Å². The first-order valence-electron chi connectivity index (χ1n) is 6.20. The van der Waals surface area contributed by atoms with Crippen LogP contribution in [0.4, 0.5) is 0 Å². The van der Waals surface area contributed by atoms with Crippen LogP contribution in [0.25, 0.3) is 0 Å². The molecule has 1 N–H and O–H groups in total. The van der Waals surface area contributed by atoms with Crippen molar-refractivity contribution in [2.45, 2.75) is 24.7 Å². The molecule has 4 nitrogen and oxygen atoms in total. The van der Waals surface area contributed by atoms with Crippen molar-refractivity contribution in [1.82, 2.24) is 5.32 Å². The molecule has 0 heterocycles. The van der Waals surface area contributed by atoms with Crippen molar-refractivity contribution < 1.29 is 14.3 Å². The summed E-state index contributed by atoms with van der Waals surface area (Å²) in [5, 5.41) is 3.42. The van der Waals surface area contributed by atoms with Gasteiger partial charge >= 0.3 is 5.97 Å². The number of esters is 1. The van der Waals surface area contributed by atoms with E-state index < -0.39 is 5.41 Å². The number of halogens is 1. The smallest absolute Gasteiger partial charge is 0.307 e. The number of ether oxygens (including phenoxy) is 1. The van der Waals surface area contributed by atoms with Crippen LogP contribution < -0.4 is 5.32 Å². The first-order chi connectivity index (χ1) is 9.08. The van der Waals surface area contributed by atoms with Crippen molar-refractivity contribution in [1.29, 1.82) is 0 Å². The third-order valence-electron chi connectivity index (χ3n) is 3.40. The second kappa shape index (κ2) is 5.61. The molecule has 2 rings (SSSR count). The predicted octanol–water partition coefficient (Wildman–Crippen LogP) is 2.05. The highest BCUT2D eigenvalue weighted by Gasteiger charge is 2.51. The quantitative estimate of drug-likeness (QED) is 0.841. The summed E-state index contributed by atoms with van der Waals surface area (Å²) < 4.78 is 4.53. The molecule has 0 spiro atoms. The van der Waals surface area contributed by atoms with Gasteiger partial charge in [-0.15, -0.1) is 0 Å². The molecule has 0 saturated heterocycles. The molecule has 1 aromatic rings. The molecule has 1 amide bonds. The lowest BCUT2D eigenvalue weighted by Gasteiger charge is -2.15. The summed E-state index contributed by atoms with van der Waals surface area (Å²) in [5.74, 6) is -0.369. The van der Waals surface area contributed by atoms with Crippen LogP contribution in [0.3, 0.4) is 0 Å². The van der Waals surface area contributed by atoms with Crippen molar-refractivity contribution in [3.63, 3.8) is 0 Å². The molecule has 1 aliphatic rings. The molecule has 0 unspecified atom stereocenters. The van der Waals surface area contributed by atoms with Gasteiger partial charge in [0.2, 0.25) is 5.91 Å². The second-order valence-corrected chi connectivity index (χ2v) is 5.11. The van der Waals surface area contributed by atoms with Crippen molar-refractivity contribution in [3.8, 4) is 0 Å². The van der Waals surface area contributed by atoms with Crippen molar-refractivity contribution in [2.24, 2.45) is 0 Å². The van der Waals surface area contributed by atoms with E-state index in [-0.39, 0.29) is 18.3 Å². The monoisotopic (exact) mass is 281 g/mol. The summed E-state index contributed by atoms with van der Waals surface area (Å²) in [6.45, 7) is 0.299. The van der Waals surface area contributed by atoms with Gasteiger partial charge in [0, 0.05) is 11.6 Å². The zero-order chi connectivity index (χ0) is 13.9. The molecule has 5 heteroatoms. The van der Waals surface area contributed by atoms with Crippen LogP contribution in [-0.4, -0.2) is 25.5 Å². The van der Waals surface area contributed by atoms with Gasteiger partial charge in [-0.3, -0.25) is 9.59 Å². The summed E-state index contributed by atoms with van der Waals surface area (Å²) in [7, 11) is 1.33. The van der Waals surface area contributed by atoms with Crippen LogP contribution in [-0.2, 0) is 19.7 Å². The van der Waals surface area contributed by atoms with Gasteiger partial charge in [-0.1, -0.05) is 23.7 Å². The molecular formula is C14H16ClNO3. The van der Waals surface area contributed by atoms with Gasteiger partial charge in [0.15, 0.2) is 0 Å². The number of rotatable bonds is 5. The second-order valence-electron chi connectivity index (χ2n) is 4.67. The number of carbonyl (C=O) groups is 2. The highest BCUT2D eigenvalue weighted by Crippen LogP contribution is 2.48. The minimum absolute atomic E-state index is 0.0429. The summed E-state index contributed by atoms with van der Waals surface area (Å²) >= 11 is 5.96. The Morgan fingerprint density at radius 1 is 1.42 bits per heavy atom. The van der Waals surface area contributed by atoms with Gasteiger partial charge in [-0.2, -0.15) is 0 Å².